The number of nitrogens with two attached hydrogens (primary N) is 1. The first kappa shape index (κ1) is 50.8. The summed E-state index contributed by atoms with van der Waals surface area (Å²) in [5, 5.41) is 36.6. The number of phenolic OH excluding ortho intramolecular Hbond substituents is 1. The van der Waals surface area contributed by atoms with E-state index in [4.69, 9.17) is 24.5 Å². The number of hydrogen-bond donors (Lipinski definition) is 4. The lowest BCUT2D eigenvalue weighted by Gasteiger charge is -2.46. The van der Waals surface area contributed by atoms with E-state index in [9.17, 15) is 19.8 Å². The number of unbranched alkanes of at least 4 members (excludes halogenated alkanes) is 1. The first-order chi connectivity index (χ1) is 33.9. The van der Waals surface area contributed by atoms with Gasteiger partial charge in [0.05, 0.1) is 59.4 Å². The quantitative estimate of drug-likeness (QED) is 0.0508. The monoisotopic (exact) mass is 979 g/mol. The number of aromatic hydroxyl groups is 1. The standard InChI is InChI=1S/C53H70N8O8S/c1-34(2)48(52(65)61-32-40(62)29-44(61)51(64)56-35(3)38-12-14-39(15-13-38)49-36(4)55-33-70-49)46-31-47(59-69-46)68-28-27-67-26-25-66-24-8-7-9-37-16-18-53(19-17-37)20-22-60(23-21-53)43-30-42(57-58-50(43)54)41-10-5-6-11-45(41)63/h5-6,10-15,30-31,33-35,37,40,44,48,62-63H,7-9,16-29,32H2,1-4H3,(H2,54,58)(H,56,64)/t35-,40+,44-,48+/m0/s1. The van der Waals surface area contributed by atoms with E-state index in [0.717, 1.165) is 72.1 Å². The Bertz CT molecular complexity index is 2480. The molecule has 3 fully saturated rings. The zero-order valence-corrected chi connectivity index (χ0v) is 41.9. The maximum atomic E-state index is 14.1. The van der Waals surface area contributed by atoms with Crippen molar-refractivity contribution < 1.29 is 38.5 Å². The van der Waals surface area contributed by atoms with Gasteiger partial charge in [-0.15, -0.1) is 21.5 Å². The van der Waals surface area contributed by atoms with Gasteiger partial charge in [0, 0.05) is 44.3 Å². The van der Waals surface area contributed by atoms with Crippen LogP contribution in [0.5, 0.6) is 11.6 Å². The summed E-state index contributed by atoms with van der Waals surface area (Å²) in [6.07, 6.45) is 10.2. The molecule has 5 aromatic rings. The minimum Gasteiger partial charge on any atom is -0.507 e. The zero-order valence-electron chi connectivity index (χ0n) is 41.1. The van der Waals surface area contributed by atoms with Crippen molar-refractivity contribution in [2.24, 2.45) is 17.3 Å². The van der Waals surface area contributed by atoms with Gasteiger partial charge in [-0.05, 0) is 111 Å². The van der Waals surface area contributed by atoms with Crippen LogP contribution in [0.25, 0.3) is 21.7 Å². The second-order valence-electron chi connectivity index (χ2n) is 19.8. The molecule has 0 radical (unpaired) electrons. The molecule has 0 unspecified atom stereocenters. The first-order valence-electron chi connectivity index (χ1n) is 25.1. The maximum Gasteiger partial charge on any atom is 0.254 e. The minimum atomic E-state index is -0.829. The van der Waals surface area contributed by atoms with Crippen molar-refractivity contribution >= 4 is 34.7 Å². The summed E-state index contributed by atoms with van der Waals surface area (Å²) >= 11 is 1.59. The molecule has 3 aromatic heterocycles. The molecule has 0 bridgehead atoms. The Hall–Kier alpha value is -5.62. The summed E-state index contributed by atoms with van der Waals surface area (Å²) in [4.78, 5) is 37.0. The second-order valence-corrected chi connectivity index (χ2v) is 20.7. The summed E-state index contributed by atoms with van der Waals surface area (Å²) in [6.45, 7) is 11.9. The van der Waals surface area contributed by atoms with Gasteiger partial charge in [0.1, 0.15) is 24.3 Å². The number of rotatable bonds is 21. The first-order valence-corrected chi connectivity index (χ1v) is 26.0. The van der Waals surface area contributed by atoms with Gasteiger partial charge in [0.25, 0.3) is 5.88 Å². The van der Waals surface area contributed by atoms with Crippen LogP contribution in [0.1, 0.15) is 114 Å². The number of anilines is 2. The molecule has 16 nitrogen and oxygen atoms in total. The van der Waals surface area contributed by atoms with E-state index in [1.807, 2.05) is 75.7 Å². The van der Waals surface area contributed by atoms with E-state index < -0.39 is 18.1 Å². The van der Waals surface area contributed by atoms with Crippen molar-refractivity contribution in [3.8, 4) is 33.3 Å². The summed E-state index contributed by atoms with van der Waals surface area (Å²) in [6, 6.07) is 17.7. The third kappa shape index (κ3) is 12.5. The van der Waals surface area contributed by atoms with Gasteiger partial charge in [-0.25, -0.2) is 4.98 Å². The molecule has 5 heterocycles. The number of piperidine rings is 1. The summed E-state index contributed by atoms with van der Waals surface area (Å²) in [7, 11) is 0. The average Bonchev–Trinajstić information content (AvgIpc) is 4.12. The molecular formula is C53H70N8O8S. The highest BCUT2D eigenvalue weighted by Crippen LogP contribution is 2.48. The van der Waals surface area contributed by atoms with Crippen LogP contribution in [0, 0.1) is 24.2 Å². The number of aliphatic hydroxyl groups excluding tert-OH is 1. The Morgan fingerprint density at radius 3 is 2.39 bits per heavy atom. The number of carbonyl (C=O) groups excluding carboxylic acids is 2. The van der Waals surface area contributed by atoms with Gasteiger partial charge in [-0.3, -0.25) is 9.59 Å². The number of ether oxygens (including phenoxy) is 3. The fourth-order valence-corrected chi connectivity index (χ4v) is 11.3. The van der Waals surface area contributed by atoms with Crippen LogP contribution in [0.4, 0.5) is 11.5 Å². The van der Waals surface area contributed by atoms with E-state index in [2.05, 4.69) is 30.6 Å². The van der Waals surface area contributed by atoms with Crippen LogP contribution in [0.15, 0.2) is 70.7 Å². The van der Waals surface area contributed by atoms with Crippen LogP contribution in [0.3, 0.4) is 0 Å². The van der Waals surface area contributed by atoms with Gasteiger partial charge in [0.2, 0.25) is 11.8 Å². The van der Waals surface area contributed by atoms with Gasteiger partial charge >= 0.3 is 0 Å². The largest absolute Gasteiger partial charge is 0.507 e. The Morgan fingerprint density at radius 2 is 1.67 bits per heavy atom. The molecule has 17 heteroatoms. The summed E-state index contributed by atoms with van der Waals surface area (Å²) in [5.74, 6) is 0.449. The number of aromatic nitrogens is 4. The van der Waals surface area contributed by atoms with Crippen LogP contribution in [-0.4, -0.2) is 112 Å². The third-order valence-corrected chi connectivity index (χ3v) is 15.7. The molecule has 1 aliphatic carbocycles. The average molecular weight is 979 g/mol. The molecule has 2 aliphatic heterocycles. The van der Waals surface area contributed by atoms with Crippen LogP contribution < -0.4 is 20.7 Å². The Balaban J connectivity index is 0.682. The molecule has 3 aliphatic rings. The number of amides is 2. The van der Waals surface area contributed by atoms with Crippen molar-refractivity contribution in [2.75, 3.05) is 63.3 Å². The van der Waals surface area contributed by atoms with Crippen molar-refractivity contribution in [2.45, 2.75) is 116 Å². The highest BCUT2D eigenvalue weighted by atomic mass is 32.1. The van der Waals surface area contributed by atoms with E-state index in [1.54, 1.807) is 29.5 Å². The number of phenols is 1. The molecule has 2 amide bonds. The molecule has 5 N–H and O–H groups in total. The lowest BCUT2D eigenvalue weighted by Crippen LogP contribution is -2.48. The maximum absolute atomic E-state index is 14.1. The number of carbonyl (C=O) groups is 2. The van der Waals surface area contributed by atoms with E-state index >= 15 is 0 Å². The van der Waals surface area contributed by atoms with Crippen molar-refractivity contribution in [1.82, 2.24) is 30.6 Å². The molecule has 2 saturated heterocycles. The van der Waals surface area contributed by atoms with Gasteiger partial charge < -0.3 is 49.8 Å². The number of para-hydroxylation sites is 1. The number of β-amino-alcohol motifs (C(OH)–C–C–N with tert-alkyl or cyclic N) is 1. The molecular weight excluding hydrogens is 909 g/mol. The predicted octanol–water partition coefficient (Wildman–Crippen LogP) is 8.49. The van der Waals surface area contributed by atoms with Crippen LogP contribution >= 0.6 is 11.3 Å². The molecule has 8 rings (SSSR count). The smallest absolute Gasteiger partial charge is 0.254 e. The zero-order chi connectivity index (χ0) is 49.2. The highest BCUT2D eigenvalue weighted by molar-refractivity contribution is 7.13. The Morgan fingerprint density at radius 1 is 0.943 bits per heavy atom. The normalized spacial score (nSPS) is 19.2. The highest BCUT2D eigenvalue weighted by Gasteiger charge is 2.44. The molecule has 70 heavy (non-hydrogen) atoms. The van der Waals surface area contributed by atoms with Crippen LogP contribution in [0.2, 0.25) is 0 Å². The lowest BCUT2D eigenvalue weighted by atomic mass is 9.65. The number of aryl methyl sites for hydroxylation is 1. The topological polar surface area (TPSA) is 212 Å². The summed E-state index contributed by atoms with van der Waals surface area (Å²) < 4.78 is 23.1. The number of thiazole rings is 1. The van der Waals surface area contributed by atoms with E-state index in [1.165, 1.54) is 37.0 Å². The van der Waals surface area contributed by atoms with Crippen molar-refractivity contribution in [3.63, 3.8) is 0 Å². The number of hydrogen-bond acceptors (Lipinski definition) is 15. The summed E-state index contributed by atoms with van der Waals surface area (Å²) in [5.41, 5.74) is 13.7. The number of benzene rings is 2. The second kappa shape index (κ2) is 23.5. The number of nitrogen functional groups attached to an aromatic ring is 1. The van der Waals surface area contributed by atoms with E-state index in [0.29, 0.717) is 54.7 Å². The molecule has 4 atom stereocenters. The minimum absolute atomic E-state index is 0.0502. The number of nitrogens with zero attached hydrogens (tertiary/aromatic N) is 6. The van der Waals surface area contributed by atoms with Gasteiger partial charge in [0.15, 0.2) is 11.6 Å². The van der Waals surface area contributed by atoms with E-state index in [-0.39, 0.29) is 55.0 Å². The lowest BCUT2D eigenvalue weighted by molar-refractivity contribution is -0.141. The van der Waals surface area contributed by atoms with Gasteiger partial charge in [-0.1, -0.05) is 63.1 Å². The van der Waals surface area contributed by atoms with Crippen molar-refractivity contribution in [3.05, 3.63) is 83.2 Å². The third-order valence-electron chi connectivity index (χ3n) is 14.7. The predicted molar refractivity (Wildman–Crippen MR) is 269 cm³/mol. The molecule has 2 aromatic carbocycles. The number of nitrogens with one attached hydrogen (secondary N) is 1. The number of aliphatic hydroxyl groups is 1. The molecule has 1 spiro atoms. The Labute approximate surface area is 415 Å². The van der Waals surface area contributed by atoms with Crippen LogP contribution in [-0.2, 0) is 19.1 Å². The molecule has 1 saturated carbocycles. The molecule has 376 valence electrons. The van der Waals surface area contributed by atoms with Crippen molar-refractivity contribution in [1.29, 1.82) is 0 Å². The number of likely N-dealkylation sites (tertiary alicyclic amines) is 1. The fourth-order valence-electron chi connectivity index (χ4n) is 10.5. The fraction of sp³-hybridized carbons (Fsp3) is 0.547. The SMILES string of the molecule is Cc1ncsc1-c1ccc([C@H](C)NC(=O)[C@@H]2C[C@@H](O)CN2C(=O)[C@@H](c2cc(OCCOCCOCCCCC3CCC4(CC3)CCN(c3cc(-c5ccccc5O)nnc3N)CC4)no2)C(C)C)cc1. The van der Waals surface area contributed by atoms with Gasteiger partial charge in [-0.2, -0.15) is 0 Å². The Kier molecular flexibility index (Phi) is 17.1.